The van der Waals surface area contributed by atoms with Crippen LogP contribution in [-0.4, -0.2) is 42.6 Å². The molecule has 0 fully saturated rings. The van der Waals surface area contributed by atoms with Gasteiger partial charge in [0.15, 0.2) is 0 Å². The minimum Gasteiger partial charge on any atom is -0.351 e. The average molecular weight is 277 g/mol. The zero-order valence-corrected chi connectivity index (χ0v) is 12.1. The number of nitrogens with zero attached hydrogens (tertiary/aromatic N) is 2. The van der Waals surface area contributed by atoms with Crippen molar-refractivity contribution in [1.82, 2.24) is 14.8 Å². The van der Waals surface area contributed by atoms with Gasteiger partial charge in [-0.05, 0) is 45.3 Å². The summed E-state index contributed by atoms with van der Waals surface area (Å²) in [6.45, 7) is 1.53. The summed E-state index contributed by atoms with van der Waals surface area (Å²) in [5.41, 5.74) is 1.21. The second-order valence-electron chi connectivity index (χ2n) is 5.17. The number of rotatable bonds is 5. The van der Waals surface area contributed by atoms with Crippen molar-refractivity contribution in [3.05, 3.63) is 35.8 Å². The van der Waals surface area contributed by atoms with Gasteiger partial charge < -0.3 is 14.8 Å². The minimum absolute atomic E-state index is 0.165. The molecule has 0 saturated heterocycles. The van der Waals surface area contributed by atoms with Crippen LogP contribution in [-0.2, 0) is 7.05 Å². The Bertz CT molecular complexity index is 619. The average Bonchev–Trinajstić information content (AvgIpc) is 2.74. The largest absolute Gasteiger partial charge is 0.351 e. The highest BCUT2D eigenvalue weighted by atomic mass is 19.1. The van der Waals surface area contributed by atoms with E-state index in [2.05, 4.69) is 10.2 Å². The molecule has 1 aromatic heterocycles. The third kappa shape index (κ3) is 2.99. The molecule has 0 saturated carbocycles. The first kappa shape index (κ1) is 14.5. The molecule has 0 radical (unpaired) electrons. The monoisotopic (exact) mass is 277 g/mol. The van der Waals surface area contributed by atoms with Crippen molar-refractivity contribution in [1.29, 1.82) is 0 Å². The molecule has 0 aliphatic rings. The van der Waals surface area contributed by atoms with Gasteiger partial charge in [-0.1, -0.05) is 6.07 Å². The fourth-order valence-electron chi connectivity index (χ4n) is 2.23. The van der Waals surface area contributed by atoms with E-state index in [0.29, 0.717) is 17.6 Å². The van der Waals surface area contributed by atoms with Crippen molar-refractivity contribution in [2.45, 2.75) is 6.42 Å². The van der Waals surface area contributed by atoms with E-state index < -0.39 is 0 Å². The van der Waals surface area contributed by atoms with Crippen LogP contribution in [0.1, 0.15) is 16.9 Å². The Kier molecular flexibility index (Phi) is 4.39. The molecular weight excluding hydrogens is 257 g/mol. The molecule has 20 heavy (non-hydrogen) atoms. The molecule has 5 heteroatoms. The summed E-state index contributed by atoms with van der Waals surface area (Å²) in [6, 6.07) is 6.46. The fraction of sp³-hybridized carbons (Fsp3) is 0.400. The summed E-state index contributed by atoms with van der Waals surface area (Å²) in [5, 5.41) is 3.35. The molecule has 2 aromatic rings. The van der Waals surface area contributed by atoms with Crippen LogP contribution < -0.4 is 5.32 Å². The van der Waals surface area contributed by atoms with Crippen molar-refractivity contribution in [2.24, 2.45) is 7.05 Å². The van der Waals surface area contributed by atoms with E-state index in [4.69, 9.17) is 0 Å². The van der Waals surface area contributed by atoms with Crippen LogP contribution in [0.25, 0.3) is 10.9 Å². The minimum atomic E-state index is -0.301. The number of aryl methyl sites for hydroxylation is 1. The van der Waals surface area contributed by atoms with Crippen molar-refractivity contribution in [2.75, 3.05) is 27.2 Å². The molecule has 2 rings (SSSR count). The topological polar surface area (TPSA) is 37.3 Å². The van der Waals surface area contributed by atoms with E-state index in [1.165, 1.54) is 6.07 Å². The van der Waals surface area contributed by atoms with Crippen molar-refractivity contribution in [3.63, 3.8) is 0 Å². The molecule has 1 amide bonds. The summed E-state index contributed by atoms with van der Waals surface area (Å²) in [5.74, 6) is -0.466. The maximum atomic E-state index is 13.7. The van der Waals surface area contributed by atoms with E-state index in [9.17, 15) is 9.18 Å². The lowest BCUT2D eigenvalue weighted by Crippen LogP contribution is -2.28. The number of aromatic nitrogens is 1. The molecule has 1 N–H and O–H groups in total. The number of carbonyl (C=O) groups is 1. The smallest absolute Gasteiger partial charge is 0.267 e. The van der Waals surface area contributed by atoms with E-state index in [-0.39, 0.29) is 11.7 Å². The Balaban J connectivity index is 2.11. The first-order chi connectivity index (χ1) is 9.50. The Morgan fingerprint density at radius 3 is 2.80 bits per heavy atom. The molecule has 0 unspecified atom stereocenters. The Morgan fingerprint density at radius 1 is 1.40 bits per heavy atom. The first-order valence-corrected chi connectivity index (χ1v) is 6.67. The maximum absolute atomic E-state index is 13.7. The third-order valence-electron chi connectivity index (χ3n) is 3.33. The van der Waals surface area contributed by atoms with Gasteiger partial charge >= 0.3 is 0 Å². The summed E-state index contributed by atoms with van der Waals surface area (Å²) >= 11 is 0. The molecule has 0 aliphatic heterocycles. The molecule has 0 aliphatic carbocycles. The maximum Gasteiger partial charge on any atom is 0.267 e. The van der Waals surface area contributed by atoms with E-state index >= 15 is 0 Å². The third-order valence-corrected chi connectivity index (χ3v) is 3.33. The fourth-order valence-corrected chi connectivity index (χ4v) is 2.23. The molecule has 1 aromatic carbocycles. The predicted octanol–water partition coefficient (Wildman–Crippen LogP) is 2.00. The summed E-state index contributed by atoms with van der Waals surface area (Å²) in [4.78, 5) is 14.2. The Morgan fingerprint density at radius 2 is 2.15 bits per heavy atom. The highest BCUT2D eigenvalue weighted by Gasteiger charge is 2.14. The van der Waals surface area contributed by atoms with E-state index in [1.54, 1.807) is 29.8 Å². The molecule has 0 atom stereocenters. The first-order valence-electron chi connectivity index (χ1n) is 6.67. The van der Waals surface area contributed by atoms with Gasteiger partial charge in [0, 0.05) is 19.0 Å². The summed E-state index contributed by atoms with van der Waals surface area (Å²) < 4.78 is 15.4. The van der Waals surface area contributed by atoms with Crippen LogP contribution in [0.5, 0.6) is 0 Å². The lowest BCUT2D eigenvalue weighted by Gasteiger charge is -2.10. The second kappa shape index (κ2) is 6.05. The Labute approximate surface area is 118 Å². The number of hydrogen-bond donors (Lipinski definition) is 1. The zero-order chi connectivity index (χ0) is 14.7. The van der Waals surface area contributed by atoms with Crippen LogP contribution in [0.4, 0.5) is 4.39 Å². The molecule has 0 spiro atoms. The number of hydrogen-bond acceptors (Lipinski definition) is 2. The number of fused-ring (bicyclic) bond motifs is 1. The normalized spacial score (nSPS) is 11.2. The SMILES string of the molecule is CN(C)CCCNC(=O)c1cc2c(F)cccc2n1C. The van der Waals surface area contributed by atoms with Crippen LogP contribution >= 0.6 is 0 Å². The van der Waals surface area contributed by atoms with Gasteiger partial charge in [-0.25, -0.2) is 4.39 Å². The highest BCUT2D eigenvalue weighted by Crippen LogP contribution is 2.21. The second-order valence-corrected chi connectivity index (χ2v) is 5.17. The number of benzene rings is 1. The predicted molar refractivity (Wildman–Crippen MR) is 78.4 cm³/mol. The molecule has 1 heterocycles. The van der Waals surface area contributed by atoms with Crippen molar-refractivity contribution < 1.29 is 9.18 Å². The van der Waals surface area contributed by atoms with Crippen molar-refractivity contribution in [3.8, 4) is 0 Å². The quantitative estimate of drug-likeness (QED) is 0.849. The van der Waals surface area contributed by atoms with Crippen LogP contribution in [0.2, 0.25) is 0 Å². The molecule has 0 bridgehead atoms. The number of carbonyl (C=O) groups excluding carboxylic acids is 1. The highest BCUT2D eigenvalue weighted by molar-refractivity contribution is 5.98. The van der Waals surface area contributed by atoms with Gasteiger partial charge in [-0.15, -0.1) is 0 Å². The van der Waals surface area contributed by atoms with Crippen LogP contribution in [0, 0.1) is 5.82 Å². The number of nitrogens with one attached hydrogen (secondary N) is 1. The molecular formula is C15H20FN3O. The summed E-state index contributed by atoms with van der Waals surface area (Å²) in [6.07, 6.45) is 0.886. The van der Waals surface area contributed by atoms with Crippen LogP contribution in [0.3, 0.4) is 0 Å². The van der Waals surface area contributed by atoms with Gasteiger partial charge in [-0.2, -0.15) is 0 Å². The van der Waals surface area contributed by atoms with Gasteiger partial charge in [-0.3, -0.25) is 4.79 Å². The van der Waals surface area contributed by atoms with Gasteiger partial charge in [0.2, 0.25) is 0 Å². The lowest BCUT2D eigenvalue weighted by atomic mass is 10.2. The lowest BCUT2D eigenvalue weighted by molar-refractivity contribution is 0.0944. The van der Waals surface area contributed by atoms with E-state index in [1.807, 2.05) is 14.1 Å². The van der Waals surface area contributed by atoms with Gasteiger partial charge in [0.1, 0.15) is 11.5 Å². The van der Waals surface area contributed by atoms with Crippen molar-refractivity contribution >= 4 is 16.8 Å². The molecule has 108 valence electrons. The Hall–Kier alpha value is -1.88. The van der Waals surface area contributed by atoms with Crippen LogP contribution in [0.15, 0.2) is 24.3 Å². The zero-order valence-electron chi connectivity index (χ0n) is 12.1. The molecule has 4 nitrogen and oxygen atoms in total. The number of amides is 1. The summed E-state index contributed by atoms with van der Waals surface area (Å²) in [7, 11) is 5.76. The van der Waals surface area contributed by atoms with E-state index in [0.717, 1.165) is 18.5 Å². The number of halogens is 1. The van der Waals surface area contributed by atoms with Gasteiger partial charge in [0.05, 0.1) is 5.52 Å². The standard InChI is InChI=1S/C15H20FN3O/c1-18(2)9-5-8-17-15(20)14-10-11-12(16)6-4-7-13(11)19(14)3/h4,6-7,10H,5,8-9H2,1-3H3,(H,17,20). The van der Waals surface area contributed by atoms with Gasteiger partial charge in [0.25, 0.3) is 5.91 Å².